The van der Waals surface area contributed by atoms with E-state index < -0.39 is 35.5 Å². The van der Waals surface area contributed by atoms with Crippen LogP contribution in [-0.2, 0) is 27.6 Å². The van der Waals surface area contributed by atoms with Crippen LogP contribution in [-0.4, -0.2) is 22.2 Å². The first kappa shape index (κ1) is 17.5. The van der Waals surface area contributed by atoms with Crippen molar-refractivity contribution in [2.75, 3.05) is 0 Å². The van der Waals surface area contributed by atoms with E-state index in [1.165, 1.54) is 24.3 Å². The molecule has 24 heavy (non-hydrogen) atoms. The van der Waals surface area contributed by atoms with Crippen LogP contribution in [0.3, 0.4) is 0 Å². The summed E-state index contributed by atoms with van der Waals surface area (Å²) in [5.74, 6) is -3.16. The molecule has 0 unspecified atom stereocenters. The molecule has 2 aromatic rings. The van der Waals surface area contributed by atoms with Gasteiger partial charge in [0.25, 0.3) is 0 Å². The van der Waals surface area contributed by atoms with Gasteiger partial charge in [0.05, 0.1) is 5.56 Å². The Hall–Kier alpha value is -2.83. The molecule has 4 nitrogen and oxygen atoms in total. The number of hydrogen-bond donors (Lipinski definition) is 2. The molecule has 2 rings (SSSR count). The molecule has 0 fully saturated rings. The van der Waals surface area contributed by atoms with Gasteiger partial charge in [0, 0.05) is 6.42 Å². The molecule has 126 valence electrons. The van der Waals surface area contributed by atoms with Gasteiger partial charge in [0.1, 0.15) is 0 Å². The van der Waals surface area contributed by atoms with E-state index in [0.29, 0.717) is 0 Å². The van der Waals surface area contributed by atoms with Gasteiger partial charge in [-0.2, -0.15) is 13.2 Å². The fraction of sp³-hybridized carbons (Fsp3) is 0.176. The summed E-state index contributed by atoms with van der Waals surface area (Å²) in [4.78, 5) is 23.5. The molecular weight excluding hydrogens is 325 g/mol. The summed E-state index contributed by atoms with van der Waals surface area (Å²) < 4.78 is 37.8. The van der Waals surface area contributed by atoms with Crippen LogP contribution in [0.4, 0.5) is 13.2 Å². The first-order chi connectivity index (χ1) is 11.2. The van der Waals surface area contributed by atoms with Crippen molar-refractivity contribution in [3.63, 3.8) is 0 Å². The zero-order valence-electron chi connectivity index (χ0n) is 12.2. The molecule has 7 heteroatoms. The summed E-state index contributed by atoms with van der Waals surface area (Å²) in [6, 6.07) is 11.1. The normalized spacial score (nSPS) is 12.0. The summed E-state index contributed by atoms with van der Waals surface area (Å²) in [5.41, 5.74) is -2.94. The van der Waals surface area contributed by atoms with Crippen molar-refractivity contribution < 1.29 is 33.0 Å². The number of carboxylic acids is 2. The van der Waals surface area contributed by atoms with Gasteiger partial charge in [-0.25, -0.2) is 0 Å². The van der Waals surface area contributed by atoms with Gasteiger partial charge in [-0.1, -0.05) is 42.5 Å². The van der Waals surface area contributed by atoms with Crippen LogP contribution in [0.5, 0.6) is 0 Å². The Morgan fingerprint density at radius 3 is 1.71 bits per heavy atom. The average Bonchev–Trinajstić information content (AvgIpc) is 2.52. The molecule has 0 aromatic heterocycles. The van der Waals surface area contributed by atoms with E-state index in [0.717, 1.165) is 24.3 Å². The highest BCUT2D eigenvalue weighted by Gasteiger charge is 2.48. The second-order valence-electron chi connectivity index (χ2n) is 5.25. The summed E-state index contributed by atoms with van der Waals surface area (Å²) >= 11 is 0. The number of alkyl halides is 3. The molecule has 2 aromatic carbocycles. The predicted octanol–water partition coefficient (Wildman–Crippen LogP) is 3.36. The molecule has 0 saturated heterocycles. The average molecular weight is 338 g/mol. The van der Waals surface area contributed by atoms with Gasteiger partial charge >= 0.3 is 18.1 Å². The van der Waals surface area contributed by atoms with E-state index in [-0.39, 0.29) is 11.1 Å². The molecule has 0 aliphatic heterocycles. The lowest BCUT2D eigenvalue weighted by Crippen LogP contribution is -2.45. The van der Waals surface area contributed by atoms with Crippen LogP contribution in [0.2, 0.25) is 0 Å². The maximum Gasteiger partial charge on any atom is 0.416 e. The van der Waals surface area contributed by atoms with E-state index in [9.17, 15) is 33.0 Å². The van der Waals surface area contributed by atoms with Crippen molar-refractivity contribution in [3.8, 4) is 0 Å². The number of aliphatic carboxylic acids is 2. The van der Waals surface area contributed by atoms with Crippen molar-refractivity contribution in [2.24, 2.45) is 0 Å². The molecule has 0 spiro atoms. The fourth-order valence-corrected chi connectivity index (χ4v) is 2.43. The summed E-state index contributed by atoms with van der Waals surface area (Å²) in [6.45, 7) is 0. The third kappa shape index (κ3) is 3.24. The third-order valence-corrected chi connectivity index (χ3v) is 3.75. The molecule has 0 bridgehead atoms. The Balaban J connectivity index is 2.47. The third-order valence-electron chi connectivity index (χ3n) is 3.75. The molecule has 0 heterocycles. The lowest BCUT2D eigenvalue weighted by atomic mass is 9.75. The highest BCUT2D eigenvalue weighted by atomic mass is 19.4. The van der Waals surface area contributed by atoms with Crippen molar-refractivity contribution in [1.82, 2.24) is 0 Å². The van der Waals surface area contributed by atoms with Crippen molar-refractivity contribution in [2.45, 2.75) is 18.0 Å². The molecule has 0 radical (unpaired) electrons. The molecular formula is C17H13F3O4. The van der Waals surface area contributed by atoms with Crippen LogP contribution in [0.1, 0.15) is 16.7 Å². The quantitative estimate of drug-likeness (QED) is 0.820. The second-order valence-corrected chi connectivity index (χ2v) is 5.25. The fourth-order valence-electron chi connectivity index (χ4n) is 2.43. The standard InChI is InChI=1S/C17H13F3O4/c18-17(19,20)13-8-6-11(7-9-13)10-16(14(21)22,15(23)24)12-4-2-1-3-5-12/h1-9H,10H2,(H,21,22)(H,23,24). The van der Waals surface area contributed by atoms with Crippen molar-refractivity contribution in [1.29, 1.82) is 0 Å². The van der Waals surface area contributed by atoms with E-state index in [2.05, 4.69) is 0 Å². The van der Waals surface area contributed by atoms with Gasteiger partial charge in [-0.15, -0.1) is 0 Å². The topological polar surface area (TPSA) is 74.6 Å². The van der Waals surface area contributed by atoms with Crippen LogP contribution < -0.4 is 0 Å². The monoisotopic (exact) mass is 338 g/mol. The molecule has 2 N–H and O–H groups in total. The van der Waals surface area contributed by atoms with Gasteiger partial charge in [0.2, 0.25) is 0 Å². The largest absolute Gasteiger partial charge is 0.480 e. The van der Waals surface area contributed by atoms with E-state index >= 15 is 0 Å². The van der Waals surface area contributed by atoms with Crippen molar-refractivity contribution in [3.05, 3.63) is 71.3 Å². The maximum atomic E-state index is 12.6. The lowest BCUT2D eigenvalue weighted by Gasteiger charge is -2.25. The Labute approximate surface area is 135 Å². The number of carboxylic acid groups (broad SMARTS) is 2. The zero-order chi connectivity index (χ0) is 18.0. The second kappa shape index (κ2) is 6.35. The number of halogens is 3. The molecule has 0 aliphatic rings. The van der Waals surface area contributed by atoms with Crippen molar-refractivity contribution >= 4 is 11.9 Å². The molecule has 0 saturated carbocycles. The van der Waals surface area contributed by atoms with E-state index in [4.69, 9.17) is 0 Å². The Morgan fingerprint density at radius 2 is 1.29 bits per heavy atom. The number of hydrogen-bond acceptors (Lipinski definition) is 2. The van der Waals surface area contributed by atoms with Gasteiger partial charge in [0.15, 0.2) is 5.41 Å². The summed E-state index contributed by atoms with van der Waals surface area (Å²) in [6.07, 6.45) is -4.99. The van der Waals surface area contributed by atoms with Gasteiger partial charge in [-0.3, -0.25) is 9.59 Å². The predicted molar refractivity (Wildman–Crippen MR) is 78.5 cm³/mol. The lowest BCUT2D eigenvalue weighted by molar-refractivity contribution is -0.157. The highest BCUT2D eigenvalue weighted by molar-refractivity contribution is 6.05. The number of rotatable bonds is 5. The van der Waals surface area contributed by atoms with Gasteiger partial charge < -0.3 is 10.2 Å². The van der Waals surface area contributed by atoms with Crippen LogP contribution in [0.25, 0.3) is 0 Å². The zero-order valence-corrected chi connectivity index (χ0v) is 12.2. The summed E-state index contributed by atoms with van der Waals surface area (Å²) in [5, 5.41) is 19.1. The maximum absolute atomic E-state index is 12.6. The minimum atomic E-state index is -4.52. The van der Waals surface area contributed by atoms with E-state index in [1.54, 1.807) is 6.07 Å². The van der Waals surface area contributed by atoms with Crippen LogP contribution >= 0.6 is 0 Å². The first-order valence-electron chi connectivity index (χ1n) is 6.86. The van der Waals surface area contributed by atoms with Gasteiger partial charge in [-0.05, 0) is 23.3 Å². The van der Waals surface area contributed by atoms with E-state index in [1.807, 2.05) is 0 Å². The Morgan fingerprint density at radius 1 is 0.792 bits per heavy atom. The number of benzene rings is 2. The molecule has 0 atom stereocenters. The Bertz CT molecular complexity index is 723. The Kier molecular flexibility index (Phi) is 4.64. The number of carbonyl (C=O) groups is 2. The highest BCUT2D eigenvalue weighted by Crippen LogP contribution is 2.32. The SMILES string of the molecule is O=C(O)C(Cc1ccc(C(F)(F)F)cc1)(C(=O)O)c1ccccc1. The van der Waals surface area contributed by atoms with Crippen LogP contribution in [0.15, 0.2) is 54.6 Å². The molecule has 0 aliphatic carbocycles. The molecule has 0 amide bonds. The minimum Gasteiger partial charge on any atom is -0.480 e. The van der Waals surface area contributed by atoms with Crippen LogP contribution in [0, 0.1) is 0 Å². The summed E-state index contributed by atoms with van der Waals surface area (Å²) in [7, 11) is 0. The minimum absolute atomic E-state index is 0.0462. The first-order valence-corrected chi connectivity index (χ1v) is 6.86. The smallest absolute Gasteiger partial charge is 0.416 e.